The lowest BCUT2D eigenvalue weighted by molar-refractivity contribution is -0.384. The summed E-state index contributed by atoms with van der Waals surface area (Å²) in [5.74, 6) is 0. The summed E-state index contributed by atoms with van der Waals surface area (Å²) in [4.78, 5) is 12.7. The summed E-state index contributed by atoms with van der Waals surface area (Å²) in [6.45, 7) is 4.40. The molecular formula is C18H27N3O4. The number of piperidine rings is 1. The van der Waals surface area contributed by atoms with Crippen molar-refractivity contribution < 1.29 is 14.8 Å². The highest BCUT2D eigenvalue weighted by atomic mass is 16.6. The summed E-state index contributed by atoms with van der Waals surface area (Å²) in [7, 11) is 0. The van der Waals surface area contributed by atoms with Crippen LogP contribution in [0, 0.1) is 15.5 Å². The summed E-state index contributed by atoms with van der Waals surface area (Å²) in [5, 5.41) is 24.2. The minimum atomic E-state index is -0.368. The van der Waals surface area contributed by atoms with E-state index < -0.39 is 0 Å². The number of nitrogens with zero attached hydrogens (tertiary/aromatic N) is 2. The lowest BCUT2D eigenvalue weighted by Gasteiger charge is -2.39. The Bertz CT molecular complexity index is 564. The van der Waals surface area contributed by atoms with Crippen molar-refractivity contribution in [2.45, 2.75) is 31.7 Å². The Morgan fingerprint density at radius 3 is 2.44 bits per heavy atom. The van der Waals surface area contributed by atoms with Crippen LogP contribution in [0.3, 0.4) is 0 Å². The van der Waals surface area contributed by atoms with Crippen molar-refractivity contribution in [2.24, 2.45) is 5.41 Å². The van der Waals surface area contributed by atoms with E-state index in [9.17, 15) is 15.2 Å². The van der Waals surface area contributed by atoms with Crippen molar-refractivity contribution in [2.75, 3.05) is 44.4 Å². The van der Waals surface area contributed by atoms with Crippen LogP contribution in [0.1, 0.15) is 25.7 Å². The maximum absolute atomic E-state index is 10.7. The number of anilines is 1. The highest BCUT2D eigenvalue weighted by Crippen LogP contribution is 2.30. The number of aliphatic hydroxyl groups is 1. The Balaban J connectivity index is 1.47. The van der Waals surface area contributed by atoms with Crippen molar-refractivity contribution in [3.05, 3.63) is 34.4 Å². The zero-order valence-corrected chi connectivity index (χ0v) is 14.5. The molecule has 0 atom stereocenters. The van der Waals surface area contributed by atoms with Crippen molar-refractivity contribution in [1.29, 1.82) is 0 Å². The van der Waals surface area contributed by atoms with E-state index in [0.717, 1.165) is 64.2 Å². The van der Waals surface area contributed by atoms with Crippen LogP contribution in [0.15, 0.2) is 24.3 Å². The molecule has 0 amide bonds. The van der Waals surface area contributed by atoms with Gasteiger partial charge in [0.05, 0.1) is 11.5 Å². The smallest absolute Gasteiger partial charge is 0.269 e. The molecule has 7 heteroatoms. The molecule has 25 heavy (non-hydrogen) atoms. The second kappa shape index (κ2) is 8.12. The monoisotopic (exact) mass is 349 g/mol. The Kier molecular flexibility index (Phi) is 5.88. The molecule has 1 aromatic rings. The Labute approximate surface area is 148 Å². The minimum Gasteiger partial charge on any atom is -0.396 e. The minimum absolute atomic E-state index is 0.0340. The van der Waals surface area contributed by atoms with Gasteiger partial charge in [0, 0.05) is 62.1 Å². The van der Waals surface area contributed by atoms with Gasteiger partial charge < -0.3 is 20.1 Å². The highest BCUT2D eigenvalue weighted by molar-refractivity contribution is 5.51. The van der Waals surface area contributed by atoms with Crippen LogP contribution in [-0.4, -0.2) is 55.5 Å². The van der Waals surface area contributed by atoms with Gasteiger partial charge in [0.15, 0.2) is 0 Å². The number of ether oxygens (including phenoxy) is 1. The molecule has 2 heterocycles. The SMILES string of the molecule is O=[N+]([O-])c1ccc(N2CCC(NCC3(CO)CCOCC3)CC2)cc1. The number of nitro benzene ring substituents is 1. The zero-order chi connectivity index (χ0) is 17.7. The number of nitro groups is 1. The summed E-state index contributed by atoms with van der Waals surface area (Å²) in [6.07, 6.45) is 3.90. The fourth-order valence-electron chi connectivity index (χ4n) is 3.68. The molecule has 2 aliphatic heterocycles. The predicted molar refractivity (Wildman–Crippen MR) is 95.9 cm³/mol. The van der Waals surface area contributed by atoms with Crippen LogP contribution in [0.25, 0.3) is 0 Å². The average molecular weight is 349 g/mol. The maximum atomic E-state index is 10.7. The van der Waals surface area contributed by atoms with Crippen molar-refractivity contribution >= 4 is 11.4 Å². The molecule has 0 radical (unpaired) electrons. The first-order valence-corrected chi connectivity index (χ1v) is 9.03. The van der Waals surface area contributed by atoms with Gasteiger partial charge in [0.2, 0.25) is 0 Å². The molecule has 2 fully saturated rings. The van der Waals surface area contributed by atoms with Crippen molar-refractivity contribution in [1.82, 2.24) is 5.32 Å². The molecular weight excluding hydrogens is 322 g/mol. The third kappa shape index (κ3) is 4.48. The molecule has 0 unspecified atom stereocenters. The van der Waals surface area contributed by atoms with Crippen LogP contribution in [-0.2, 0) is 4.74 Å². The van der Waals surface area contributed by atoms with Crippen LogP contribution >= 0.6 is 0 Å². The van der Waals surface area contributed by atoms with E-state index >= 15 is 0 Å². The molecule has 0 aliphatic carbocycles. The normalized spacial score (nSPS) is 21.2. The topological polar surface area (TPSA) is 87.9 Å². The van der Waals surface area contributed by atoms with Gasteiger partial charge in [0.25, 0.3) is 5.69 Å². The lowest BCUT2D eigenvalue weighted by atomic mass is 9.80. The first kappa shape index (κ1) is 18.1. The van der Waals surface area contributed by atoms with Gasteiger partial charge in [-0.15, -0.1) is 0 Å². The second-order valence-corrected chi connectivity index (χ2v) is 7.19. The standard InChI is InChI=1S/C18H27N3O4/c22-14-18(7-11-25-12-8-18)13-19-15-5-9-20(10-6-15)16-1-3-17(4-2-16)21(23)24/h1-4,15,19,22H,5-14H2. The van der Waals surface area contributed by atoms with Crippen LogP contribution < -0.4 is 10.2 Å². The zero-order valence-electron chi connectivity index (χ0n) is 14.5. The van der Waals surface area contributed by atoms with Gasteiger partial charge in [0.1, 0.15) is 0 Å². The molecule has 0 saturated carbocycles. The van der Waals surface area contributed by atoms with E-state index in [1.54, 1.807) is 12.1 Å². The number of rotatable bonds is 6. The second-order valence-electron chi connectivity index (χ2n) is 7.19. The van der Waals surface area contributed by atoms with Gasteiger partial charge in [-0.2, -0.15) is 0 Å². The van der Waals surface area contributed by atoms with Gasteiger partial charge in [-0.25, -0.2) is 0 Å². The maximum Gasteiger partial charge on any atom is 0.269 e. The Morgan fingerprint density at radius 2 is 1.88 bits per heavy atom. The van der Waals surface area contributed by atoms with Crippen LogP contribution in [0.5, 0.6) is 0 Å². The first-order valence-electron chi connectivity index (χ1n) is 9.03. The van der Waals surface area contributed by atoms with E-state index in [1.165, 1.54) is 0 Å². The quantitative estimate of drug-likeness (QED) is 0.603. The molecule has 0 bridgehead atoms. The predicted octanol–water partition coefficient (Wildman–Crippen LogP) is 1.94. The van der Waals surface area contributed by atoms with Crippen molar-refractivity contribution in [3.63, 3.8) is 0 Å². The summed E-state index contributed by atoms with van der Waals surface area (Å²) in [6, 6.07) is 7.25. The number of hydrogen-bond donors (Lipinski definition) is 2. The first-order chi connectivity index (χ1) is 12.1. The third-order valence-corrected chi connectivity index (χ3v) is 5.58. The number of aliphatic hydroxyl groups excluding tert-OH is 1. The van der Waals surface area contributed by atoms with Gasteiger partial charge in [-0.3, -0.25) is 10.1 Å². The average Bonchev–Trinajstić information content (AvgIpc) is 2.67. The molecule has 0 spiro atoms. The molecule has 7 nitrogen and oxygen atoms in total. The van der Waals surface area contributed by atoms with Crippen molar-refractivity contribution in [3.8, 4) is 0 Å². The van der Waals surface area contributed by atoms with Gasteiger partial charge in [-0.05, 0) is 37.8 Å². The van der Waals surface area contributed by atoms with E-state index in [2.05, 4.69) is 10.2 Å². The van der Waals surface area contributed by atoms with E-state index in [-0.39, 0.29) is 22.6 Å². The molecule has 2 aliphatic rings. The molecule has 1 aromatic carbocycles. The molecule has 0 aromatic heterocycles. The largest absolute Gasteiger partial charge is 0.396 e. The van der Waals surface area contributed by atoms with Crippen LogP contribution in [0.2, 0.25) is 0 Å². The molecule has 2 N–H and O–H groups in total. The van der Waals surface area contributed by atoms with Gasteiger partial charge in [-0.1, -0.05) is 0 Å². The van der Waals surface area contributed by atoms with E-state index in [1.807, 2.05) is 12.1 Å². The Hall–Kier alpha value is -1.70. The summed E-state index contributed by atoms with van der Waals surface area (Å²) in [5.41, 5.74) is 1.14. The molecule has 138 valence electrons. The fraction of sp³-hybridized carbons (Fsp3) is 0.667. The Morgan fingerprint density at radius 1 is 1.24 bits per heavy atom. The third-order valence-electron chi connectivity index (χ3n) is 5.58. The van der Waals surface area contributed by atoms with Crippen LogP contribution in [0.4, 0.5) is 11.4 Å². The highest BCUT2D eigenvalue weighted by Gasteiger charge is 2.32. The van der Waals surface area contributed by atoms with E-state index in [0.29, 0.717) is 6.04 Å². The van der Waals surface area contributed by atoms with E-state index in [4.69, 9.17) is 4.74 Å². The number of nitrogens with one attached hydrogen (secondary N) is 1. The summed E-state index contributed by atoms with van der Waals surface area (Å²) >= 11 is 0. The molecule has 3 rings (SSSR count). The van der Waals surface area contributed by atoms with Gasteiger partial charge >= 0.3 is 0 Å². The fourth-order valence-corrected chi connectivity index (χ4v) is 3.68. The summed E-state index contributed by atoms with van der Waals surface area (Å²) < 4.78 is 5.42. The number of non-ortho nitro benzene ring substituents is 1. The molecule has 2 saturated heterocycles. The lowest BCUT2D eigenvalue weighted by Crippen LogP contribution is -2.48. The number of benzene rings is 1. The number of hydrogen-bond acceptors (Lipinski definition) is 6.